The molecule has 0 aliphatic carbocycles. The number of hydrogen-bond acceptors (Lipinski definition) is 1. The van der Waals surface area contributed by atoms with Crippen LogP contribution in [0.2, 0.25) is 0 Å². The predicted octanol–water partition coefficient (Wildman–Crippen LogP) is 3.56. The van der Waals surface area contributed by atoms with Crippen molar-refractivity contribution in [2.75, 3.05) is 7.11 Å². The van der Waals surface area contributed by atoms with Gasteiger partial charge in [-0.25, -0.2) is 0 Å². The minimum Gasteiger partial charge on any atom is -0.497 e. The largest absolute Gasteiger partial charge is 0.497 e. The zero-order valence-corrected chi connectivity index (χ0v) is 10.0. The highest BCUT2D eigenvalue weighted by molar-refractivity contribution is 5.35. The van der Waals surface area contributed by atoms with Crippen LogP contribution in [0.3, 0.4) is 0 Å². The van der Waals surface area contributed by atoms with Crippen molar-refractivity contribution in [1.29, 1.82) is 0 Å². The van der Waals surface area contributed by atoms with Gasteiger partial charge in [0.05, 0.1) is 7.11 Å². The molecule has 84 valence electrons. The molecule has 2 aromatic rings. The number of rotatable bonds is 3. The van der Waals surface area contributed by atoms with Gasteiger partial charge in [0.1, 0.15) is 5.75 Å². The molecule has 1 heteroatoms. The molecular weight excluding hydrogens is 208 g/mol. The number of methoxy groups -OCH3 is 1. The Hall–Kier alpha value is -2.02. The van der Waals surface area contributed by atoms with Crippen LogP contribution in [0.4, 0.5) is 0 Å². The summed E-state index contributed by atoms with van der Waals surface area (Å²) in [7, 11) is 1.66. The summed E-state index contributed by atoms with van der Waals surface area (Å²) in [5, 5.41) is 0. The maximum atomic E-state index is 5.10. The normalized spacial score (nSPS) is 10.7. The molecule has 2 rings (SSSR count). The molecule has 0 aliphatic rings. The van der Waals surface area contributed by atoms with Crippen LogP contribution in [0, 0.1) is 19.1 Å². The number of hydrogen-bond donors (Lipinski definition) is 0. The fourth-order valence-corrected chi connectivity index (χ4v) is 1.53. The van der Waals surface area contributed by atoms with E-state index in [9.17, 15) is 0 Å². The monoisotopic (exact) mass is 222 g/mol. The first-order chi connectivity index (χ1) is 8.29. The zero-order chi connectivity index (χ0) is 12.1. The Kier molecular flexibility index (Phi) is 3.61. The molecule has 0 heterocycles. The van der Waals surface area contributed by atoms with Crippen LogP contribution < -0.4 is 4.74 Å². The van der Waals surface area contributed by atoms with E-state index in [1.807, 2.05) is 42.5 Å². The molecule has 0 unspecified atom stereocenters. The smallest absolute Gasteiger partial charge is 0.118 e. The summed E-state index contributed by atoms with van der Waals surface area (Å²) in [5.41, 5.74) is 3.27. The third-order valence-corrected chi connectivity index (χ3v) is 2.58. The first kappa shape index (κ1) is 11.5. The first-order valence-corrected chi connectivity index (χ1v) is 5.51. The standard InChI is InChI=1S/C16H14O/c1-13-5-3-4-6-15(13)10-7-14-8-11-16(17-2)12-9-14/h3-6,8-9,11-12H,1-2H3. The fourth-order valence-electron chi connectivity index (χ4n) is 1.53. The lowest BCUT2D eigenvalue weighted by Gasteiger charge is -1.99. The van der Waals surface area contributed by atoms with Crippen LogP contribution >= 0.6 is 0 Å². The van der Waals surface area contributed by atoms with Crippen molar-refractivity contribution in [3.05, 3.63) is 77.4 Å². The van der Waals surface area contributed by atoms with E-state index >= 15 is 0 Å². The van der Waals surface area contributed by atoms with E-state index < -0.39 is 0 Å². The summed E-state index contributed by atoms with van der Waals surface area (Å²) >= 11 is 0. The number of benzene rings is 2. The van der Waals surface area contributed by atoms with Crippen molar-refractivity contribution in [3.8, 4) is 5.75 Å². The Morgan fingerprint density at radius 1 is 0.882 bits per heavy atom. The Morgan fingerprint density at radius 3 is 2.24 bits per heavy atom. The molecule has 2 radical (unpaired) electrons. The molecule has 0 aromatic heterocycles. The SMILES string of the molecule is COc1ccc(/[C]=[C]/c2ccccc2C)cc1. The number of aryl methyl sites for hydroxylation is 1. The predicted molar refractivity (Wildman–Crippen MR) is 68.9 cm³/mol. The van der Waals surface area contributed by atoms with Gasteiger partial charge in [-0.05, 0) is 47.9 Å². The van der Waals surface area contributed by atoms with E-state index in [0.717, 1.165) is 16.9 Å². The summed E-state index contributed by atoms with van der Waals surface area (Å²) in [6.07, 6.45) is 6.32. The molecule has 0 saturated carbocycles. The third-order valence-electron chi connectivity index (χ3n) is 2.58. The van der Waals surface area contributed by atoms with Crippen LogP contribution in [0.25, 0.3) is 0 Å². The van der Waals surface area contributed by atoms with Gasteiger partial charge in [0.25, 0.3) is 0 Å². The average molecular weight is 222 g/mol. The highest BCUT2D eigenvalue weighted by Crippen LogP contribution is 2.12. The highest BCUT2D eigenvalue weighted by Gasteiger charge is 1.94. The Balaban J connectivity index is 2.17. The summed E-state index contributed by atoms with van der Waals surface area (Å²) in [5.74, 6) is 0.853. The minimum absolute atomic E-state index is 0.853. The van der Waals surface area contributed by atoms with Gasteiger partial charge in [0.15, 0.2) is 0 Å². The Morgan fingerprint density at radius 2 is 1.59 bits per heavy atom. The van der Waals surface area contributed by atoms with Gasteiger partial charge in [0, 0.05) is 0 Å². The fraction of sp³-hybridized carbons (Fsp3) is 0.125. The minimum atomic E-state index is 0.853. The van der Waals surface area contributed by atoms with Gasteiger partial charge < -0.3 is 4.74 Å². The Labute approximate surface area is 102 Å². The van der Waals surface area contributed by atoms with Crippen molar-refractivity contribution in [2.24, 2.45) is 0 Å². The molecule has 0 atom stereocenters. The molecule has 0 aliphatic heterocycles. The van der Waals surface area contributed by atoms with Crippen molar-refractivity contribution < 1.29 is 4.74 Å². The van der Waals surface area contributed by atoms with Gasteiger partial charge in [-0.1, -0.05) is 36.4 Å². The maximum Gasteiger partial charge on any atom is 0.118 e. The molecule has 0 N–H and O–H groups in total. The third kappa shape index (κ3) is 2.97. The molecule has 0 bridgehead atoms. The van der Waals surface area contributed by atoms with Crippen LogP contribution in [0.5, 0.6) is 5.75 Å². The summed E-state index contributed by atoms with van der Waals surface area (Å²) in [4.78, 5) is 0. The second-order valence-electron chi connectivity index (χ2n) is 3.79. The average Bonchev–Trinajstić information content (AvgIpc) is 2.38. The van der Waals surface area contributed by atoms with E-state index in [0.29, 0.717) is 0 Å². The summed E-state index contributed by atoms with van der Waals surface area (Å²) in [6.45, 7) is 2.07. The maximum absolute atomic E-state index is 5.10. The molecule has 0 spiro atoms. The van der Waals surface area contributed by atoms with Gasteiger partial charge in [-0.15, -0.1) is 0 Å². The van der Waals surface area contributed by atoms with E-state index in [-0.39, 0.29) is 0 Å². The van der Waals surface area contributed by atoms with Crippen LogP contribution in [0.15, 0.2) is 48.5 Å². The Bertz CT molecular complexity index is 509. The summed E-state index contributed by atoms with van der Waals surface area (Å²) in [6, 6.07) is 15.9. The lowest BCUT2D eigenvalue weighted by molar-refractivity contribution is 0.415. The molecule has 2 aromatic carbocycles. The molecule has 0 fully saturated rings. The van der Waals surface area contributed by atoms with Gasteiger partial charge in [0.2, 0.25) is 0 Å². The topological polar surface area (TPSA) is 9.23 Å². The van der Waals surface area contributed by atoms with Gasteiger partial charge in [-0.2, -0.15) is 0 Å². The molecular formula is C16H14O. The van der Waals surface area contributed by atoms with Crippen molar-refractivity contribution >= 4 is 0 Å². The molecule has 0 saturated heterocycles. The van der Waals surface area contributed by atoms with Gasteiger partial charge in [-0.3, -0.25) is 0 Å². The highest BCUT2D eigenvalue weighted by atomic mass is 16.5. The van der Waals surface area contributed by atoms with E-state index in [4.69, 9.17) is 4.74 Å². The van der Waals surface area contributed by atoms with Crippen molar-refractivity contribution in [2.45, 2.75) is 6.92 Å². The molecule has 1 nitrogen and oxygen atoms in total. The van der Waals surface area contributed by atoms with Crippen LogP contribution in [-0.2, 0) is 0 Å². The second kappa shape index (κ2) is 5.35. The van der Waals surface area contributed by atoms with Gasteiger partial charge >= 0.3 is 0 Å². The quantitative estimate of drug-likeness (QED) is 0.721. The van der Waals surface area contributed by atoms with E-state index in [1.165, 1.54) is 5.56 Å². The number of ether oxygens (including phenoxy) is 1. The second-order valence-corrected chi connectivity index (χ2v) is 3.79. The zero-order valence-electron chi connectivity index (χ0n) is 10.0. The van der Waals surface area contributed by atoms with Crippen LogP contribution in [-0.4, -0.2) is 7.11 Å². The van der Waals surface area contributed by atoms with Crippen molar-refractivity contribution in [1.82, 2.24) is 0 Å². The molecule has 17 heavy (non-hydrogen) atoms. The van der Waals surface area contributed by atoms with E-state index in [2.05, 4.69) is 25.1 Å². The first-order valence-electron chi connectivity index (χ1n) is 5.51. The van der Waals surface area contributed by atoms with E-state index in [1.54, 1.807) is 7.11 Å². The van der Waals surface area contributed by atoms with Crippen molar-refractivity contribution in [3.63, 3.8) is 0 Å². The lowest BCUT2D eigenvalue weighted by atomic mass is 10.1. The molecule has 0 amide bonds. The van der Waals surface area contributed by atoms with Crippen LogP contribution in [0.1, 0.15) is 16.7 Å². The lowest BCUT2D eigenvalue weighted by Crippen LogP contribution is -1.83. The summed E-state index contributed by atoms with van der Waals surface area (Å²) < 4.78 is 5.10.